The molecular weight excluding hydrogens is 326 g/mol. The summed E-state index contributed by atoms with van der Waals surface area (Å²) in [7, 11) is 0. The van der Waals surface area contributed by atoms with Crippen LogP contribution < -0.4 is 10.6 Å². The zero-order valence-electron chi connectivity index (χ0n) is 16.2. The van der Waals surface area contributed by atoms with Crippen LogP contribution in [-0.4, -0.2) is 52.5 Å². The summed E-state index contributed by atoms with van der Waals surface area (Å²) in [5, 5.41) is 6.32. The van der Waals surface area contributed by atoms with Crippen molar-refractivity contribution in [2.75, 3.05) is 25.0 Å². The standard InChI is InChI=1S/C20H33N5O/c1-15(2)23-20-21-11-17(12-22-20)19(26)24-18-9-6-10-25(14-18)13-16-7-4-3-5-8-16/h11-12,15-16,18H,3-10,13-14H2,1-2H3,(H,24,26)(H,21,22,23)/t18-/m0/s1. The minimum Gasteiger partial charge on any atom is -0.352 e. The van der Waals surface area contributed by atoms with Crippen LogP contribution in [-0.2, 0) is 0 Å². The van der Waals surface area contributed by atoms with E-state index in [1.165, 1.54) is 45.2 Å². The number of nitrogens with one attached hydrogen (secondary N) is 2. The van der Waals surface area contributed by atoms with E-state index >= 15 is 0 Å². The Morgan fingerprint density at radius 2 is 1.88 bits per heavy atom. The molecule has 1 amide bonds. The molecule has 3 rings (SSSR count). The molecule has 1 atom stereocenters. The number of amides is 1. The van der Waals surface area contributed by atoms with Gasteiger partial charge in [-0.25, -0.2) is 9.97 Å². The molecule has 1 saturated carbocycles. The lowest BCUT2D eigenvalue weighted by Crippen LogP contribution is -2.49. The van der Waals surface area contributed by atoms with Crippen molar-refractivity contribution in [2.24, 2.45) is 5.92 Å². The van der Waals surface area contributed by atoms with Gasteiger partial charge in [0.1, 0.15) is 0 Å². The Hall–Kier alpha value is -1.69. The lowest BCUT2D eigenvalue weighted by Gasteiger charge is -2.36. The number of anilines is 1. The largest absolute Gasteiger partial charge is 0.352 e. The Morgan fingerprint density at radius 1 is 1.15 bits per heavy atom. The Bertz CT molecular complexity index is 568. The van der Waals surface area contributed by atoms with E-state index in [-0.39, 0.29) is 18.0 Å². The van der Waals surface area contributed by atoms with Gasteiger partial charge in [-0.2, -0.15) is 0 Å². The number of hydrogen-bond donors (Lipinski definition) is 2. The van der Waals surface area contributed by atoms with Crippen LogP contribution in [0.4, 0.5) is 5.95 Å². The van der Waals surface area contributed by atoms with Crippen LogP contribution >= 0.6 is 0 Å². The van der Waals surface area contributed by atoms with Crippen LogP contribution in [0.3, 0.4) is 0 Å². The topological polar surface area (TPSA) is 70.2 Å². The Kier molecular flexibility index (Phi) is 6.83. The van der Waals surface area contributed by atoms with Gasteiger partial charge < -0.3 is 15.5 Å². The van der Waals surface area contributed by atoms with Crippen LogP contribution in [0, 0.1) is 5.92 Å². The van der Waals surface area contributed by atoms with Crippen molar-refractivity contribution in [2.45, 2.75) is 70.9 Å². The fourth-order valence-electron chi connectivity index (χ4n) is 4.12. The molecule has 0 bridgehead atoms. The molecule has 6 heteroatoms. The molecule has 6 nitrogen and oxygen atoms in total. The summed E-state index contributed by atoms with van der Waals surface area (Å²) in [5.41, 5.74) is 0.531. The van der Waals surface area contributed by atoms with Crippen molar-refractivity contribution < 1.29 is 4.79 Å². The highest BCUT2D eigenvalue weighted by atomic mass is 16.1. The molecule has 2 fully saturated rings. The first kappa shape index (κ1) is 19.1. The molecule has 0 aromatic carbocycles. The Labute approximate surface area is 157 Å². The van der Waals surface area contributed by atoms with Crippen LogP contribution in [0.25, 0.3) is 0 Å². The predicted molar refractivity (Wildman–Crippen MR) is 104 cm³/mol. The Balaban J connectivity index is 1.48. The summed E-state index contributed by atoms with van der Waals surface area (Å²) < 4.78 is 0. The maximum Gasteiger partial charge on any atom is 0.254 e. The number of carbonyl (C=O) groups is 1. The molecule has 0 unspecified atom stereocenters. The maximum absolute atomic E-state index is 12.5. The number of piperidine rings is 1. The van der Waals surface area contributed by atoms with Gasteiger partial charge in [0.25, 0.3) is 5.91 Å². The second-order valence-corrected chi connectivity index (χ2v) is 8.17. The molecule has 0 radical (unpaired) electrons. The van der Waals surface area contributed by atoms with E-state index in [0.29, 0.717) is 11.5 Å². The molecule has 26 heavy (non-hydrogen) atoms. The van der Waals surface area contributed by atoms with E-state index in [1.807, 2.05) is 13.8 Å². The van der Waals surface area contributed by atoms with Gasteiger partial charge in [0.15, 0.2) is 0 Å². The van der Waals surface area contributed by atoms with E-state index < -0.39 is 0 Å². The lowest BCUT2D eigenvalue weighted by molar-refractivity contribution is 0.0889. The van der Waals surface area contributed by atoms with Gasteiger partial charge in [0.2, 0.25) is 5.95 Å². The van der Waals surface area contributed by atoms with E-state index in [4.69, 9.17) is 0 Å². The summed E-state index contributed by atoms with van der Waals surface area (Å²) in [6, 6.07) is 0.500. The third kappa shape index (κ3) is 5.66. The zero-order valence-corrected chi connectivity index (χ0v) is 16.2. The summed E-state index contributed by atoms with van der Waals surface area (Å²) in [4.78, 5) is 23.5. The third-order valence-corrected chi connectivity index (χ3v) is 5.41. The second-order valence-electron chi connectivity index (χ2n) is 8.17. The zero-order chi connectivity index (χ0) is 18.4. The number of carbonyl (C=O) groups excluding carboxylic acids is 1. The minimum atomic E-state index is -0.0642. The molecule has 2 heterocycles. The van der Waals surface area contributed by atoms with Crippen LogP contribution in [0.5, 0.6) is 0 Å². The molecule has 144 valence electrons. The van der Waals surface area contributed by atoms with Crippen molar-refractivity contribution in [1.82, 2.24) is 20.2 Å². The normalized spacial score (nSPS) is 22.3. The van der Waals surface area contributed by atoms with Gasteiger partial charge in [-0.3, -0.25) is 4.79 Å². The SMILES string of the molecule is CC(C)Nc1ncc(C(=O)N[C@H]2CCCN(CC3CCCCC3)C2)cn1. The maximum atomic E-state index is 12.5. The molecular formula is C20H33N5O. The molecule has 0 spiro atoms. The smallest absolute Gasteiger partial charge is 0.254 e. The highest BCUT2D eigenvalue weighted by Gasteiger charge is 2.24. The lowest BCUT2D eigenvalue weighted by atomic mass is 9.88. The molecule has 1 aromatic rings. The third-order valence-electron chi connectivity index (χ3n) is 5.41. The number of hydrogen-bond acceptors (Lipinski definition) is 5. The highest BCUT2D eigenvalue weighted by molar-refractivity contribution is 5.93. The summed E-state index contributed by atoms with van der Waals surface area (Å²) in [6.07, 6.45) is 12.4. The van der Waals surface area contributed by atoms with Gasteiger partial charge in [0, 0.05) is 37.6 Å². The first-order valence-corrected chi connectivity index (χ1v) is 10.2. The Morgan fingerprint density at radius 3 is 2.58 bits per heavy atom. The summed E-state index contributed by atoms with van der Waals surface area (Å²) >= 11 is 0. The fourth-order valence-corrected chi connectivity index (χ4v) is 4.12. The van der Waals surface area contributed by atoms with Crippen molar-refractivity contribution in [3.05, 3.63) is 18.0 Å². The van der Waals surface area contributed by atoms with E-state index in [1.54, 1.807) is 12.4 Å². The monoisotopic (exact) mass is 359 g/mol. The van der Waals surface area contributed by atoms with E-state index in [2.05, 4.69) is 25.5 Å². The summed E-state index contributed by atoms with van der Waals surface area (Å²) in [5.74, 6) is 1.35. The first-order valence-electron chi connectivity index (χ1n) is 10.2. The van der Waals surface area contributed by atoms with Gasteiger partial charge in [0.05, 0.1) is 5.56 Å². The fraction of sp³-hybridized carbons (Fsp3) is 0.750. The van der Waals surface area contributed by atoms with E-state index in [9.17, 15) is 4.79 Å². The molecule has 2 N–H and O–H groups in total. The van der Waals surface area contributed by atoms with Crippen LogP contribution in [0.15, 0.2) is 12.4 Å². The van der Waals surface area contributed by atoms with Crippen molar-refractivity contribution in [3.8, 4) is 0 Å². The quantitative estimate of drug-likeness (QED) is 0.817. The molecule has 1 aliphatic carbocycles. The highest BCUT2D eigenvalue weighted by Crippen LogP contribution is 2.25. The second kappa shape index (κ2) is 9.31. The van der Waals surface area contributed by atoms with Crippen molar-refractivity contribution in [3.63, 3.8) is 0 Å². The molecule has 1 aliphatic heterocycles. The summed E-state index contributed by atoms with van der Waals surface area (Å²) in [6.45, 7) is 7.40. The van der Waals surface area contributed by atoms with Gasteiger partial charge in [-0.05, 0) is 52.0 Å². The van der Waals surface area contributed by atoms with Crippen LogP contribution in [0.2, 0.25) is 0 Å². The molecule has 1 saturated heterocycles. The predicted octanol–water partition coefficient (Wildman–Crippen LogP) is 3.07. The number of rotatable bonds is 6. The van der Waals surface area contributed by atoms with Crippen LogP contribution in [0.1, 0.15) is 69.2 Å². The van der Waals surface area contributed by atoms with Gasteiger partial charge in [-0.15, -0.1) is 0 Å². The number of nitrogens with zero attached hydrogens (tertiary/aromatic N) is 3. The van der Waals surface area contributed by atoms with Crippen molar-refractivity contribution >= 4 is 11.9 Å². The average Bonchev–Trinajstić information content (AvgIpc) is 2.63. The number of aromatic nitrogens is 2. The molecule has 2 aliphatic rings. The first-order chi connectivity index (χ1) is 12.6. The van der Waals surface area contributed by atoms with Crippen molar-refractivity contribution in [1.29, 1.82) is 0 Å². The van der Waals surface area contributed by atoms with E-state index in [0.717, 1.165) is 25.3 Å². The number of likely N-dealkylation sites (tertiary alicyclic amines) is 1. The average molecular weight is 360 g/mol. The molecule has 1 aromatic heterocycles. The minimum absolute atomic E-state index is 0.0642. The van der Waals surface area contributed by atoms with Gasteiger partial charge >= 0.3 is 0 Å². The van der Waals surface area contributed by atoms with Gasteiger partial charge in [-0.1, -0.05) is 19.3 Å².